The lowest BCUT2D eigenvalue weighted by atomic mass is 10.4. The zero-order valence-corrected chi connectivity index (χ0v) is 7.73. The van der Waals surface area contributed by atoms with Crippen LogP contribution in [-0.4, -0.2) is 36.4 Å². The number of hydrogen-bond donors (Lipinski definition) is 3. The maximum Gasteiger partial charge on any atom is 0.390 e. The molecule has 88 valence electrons. The largest absolute Gasteiger partial charge is 0.481 e. The van der Waals surface area contributed by atoms with Gasteiger partial charge in [0.25, 0.3) is 0 Å². The Balaban J connectivity index is 3.46. The Morgan fingerprint density at radius 1 is 1.13 bits per heavy atom. The van der Waals surface area contributed by atoms with Crippen molar-refractivity contribution < 1.29 is 27.9 Å². The molecule has 2 amide bonds. The van der Waals surface area contributed by atoms with Crippen LogP contribution in [0.1, 0.15) is 12.8 Å². The van der Waals surface area contributed by atoms with Crippen LogP contribution >= 0.6 is 0 Å². The zero-order chi connectivity index (χ0) is 11.9. The maximum absolute atomic E-state index is 11.6. The molecule has 0 atom stereocenters. The number of amides is 2. The van der Waals surface area contributed by atoms with Crippen LogP contribution < -0.4 is 10.6 Å². The summed E-state index contributed by atoms with van der Waals surface area (Å²) in [6.07, 6.45) is -5.69. The molecule has 0 spiro atoms. The molecule has 5 nitrogen and oxygen atoms in total. The van der Waals surface area contributed by atoms with Gasteiger partial charge in [0.2, 0.25) is 0 Å². The molecule has 3 N–H and O–H groups in total. The van der Waals surface area contributed by atoms with Gasteiger partial charge in [0, 0.05) is 13.1 Å². The lowest BCUT2D eigenvalue weighted by Gasteiger charge is -2.08. The molecule has 0 saturated carbocycles. The lowest BCUT2D eigenvalue weighted by molar-refractivity contribution is -0.137. The van der Waals surface area contributed by atoms with E-state index in [0.717, 1.165) is 0 Å². The number of rotatable bonds is 5. The summed E-state index contributed by atoms with van der Waals surface area (Å²) in [5.41, 5.74) is 0. The van der Waals surface area contributed by atoms with E-state index in [-0.39, 0.29) is 13.0 Å². The van der Waals surface area contributed by atoms with Gasteiger partial charge in [-0.25, -0.2) is 4.79 Å². The van der Waals surface area contributed by atoms with Gasteiger partial charge < -0.3 is 15.7 Å². The minimum absolute atomic E-state index is 0.118. The van der Waals surface area contributed by atoms with Gasteiger partial charge in [0.05, 0.1) is 12.8 Å². The maximum atomic E-state index is 11.6. The van der Waals surface area contributed by atoms with Crippen LogP contribution in [0, 0.1) is 0 Å². The van der Waals surface area contributed by atoms with E-state index in [1.165, 1.54) is 0 Å². The Bertz CT molecular complexity index is 230. The van der Waals surface area contributed by atoms with Crippen LogP contribution in [0.2, 0.25) is 0 Å². The third-order valence-electron chi connectivity index (χ3n) is 1.32. The van der Waals surface area contributed by atoms with E-state index < -0.39 is 31.1 Å². The van der Waals surface area contributed by atoms with Crippen molar-refractivity contribution >= 4 is 12.0 Å². The van der Waals surface area contributed by atoms with Crippen molar-refractivity contribution in [2.75, 3.05) is 13.1 Å². The van der Waals surface area contributed by atoms with Crippen molar-refractivity contribution in [3.8, 4) is 0 Å². The number of hydrogen-bond acceptors (Lipinski definition) is 2. The highest BCUT2D eigenvalue weighted by molar-refractivity contribution is 5.74. The van der Waals surface area contributed by atoms with Crippen LogP contribution in [0.4, 0.5) is 18.0 Å². The van der Waals surface area contributed by atoms with Gasteiger partial charge in [-0.05, 0) is 0 Å². The number of carboxylic acids is 1. The molecule has 0 aliphatic heterocycles. The van der Waals surface area contributed by atoms with Crippen LogP contribution in [0.5, 0.6) is 0 Å². The van der Waals surface area contributed by atoms with E-state index in [0.29, 0.717) is 0 Å². The fourth-order valence-electron chi connectivity index (χ4n) is 0.663. The van der Waals surface area contributed by atoms with E-state index in [1.54, 1.807) is 0 Å². The molecule has 0 unspecified atom stereocenters. The number of urea groups is 1. The summed E-state index contributed by atoms with van der Waals surface area (Å²) in [6.45, 7) is -0.643. The van der Waals surface area contributed by atoms with Crippen LogP contribution in [-0.2, 0) is 4.79 Å². The van der Waals surface area contributed by atoms with Gasteiger partial charge >= 0.3 is 18.2 Å². The number of aliphatic carboxylic acids is 1. The quantitative estimate of drug-likeness (QED) is 0.648. The topological polar surface area (TPSA) is 78.4 Å². The summed E-state index contributed by atoms with van der Waals surface area (Å²) in [4.78, 5) is 20.7. The number of carboxylic acid groups (broad SMARTS) is 1. The van der Waals surface area contributed by atoms with E-state index in [9.17, 15) is 22.8 Å². The first-order valence-electron chi connectivity index (χ1n) is 4.11. The van der Waals surface area contributed by atoms with Gasteiger partial charge in [0.15, 0.2) is 0 Å². The number of carbonyl (C=O) groups is 2. The third-order valence-corrected chi connectivity index (χ3v) is 1.32. The second-order valence-corrected chi connectivity index (χ2v) is 2.69. The fraction of sp³-hybridized carbons (Fsp3) is 0.714. The molecule has 0 aliphatic rings. The minimum atomic E-state index is -4.31. The smallest absolute Gasteiger partial charge is 0.390 e. The molecular formula is C7H11F3N2O3. The Hall–Kier alpha value is -1.47. The van der Waals surface area contributed by atoms with E-state index in [1.807, 2.05) is 5.32 Å². The van der Waals surface area contributed by atoms with Gasteiger partial charge in [-0.1, -0.05) is 0 Å². The first-order chi connectivity index (χ1) is 6.81. The van der Waals surface area contributed by atoms with Gasteiger partial charge in [-0.15, -0.1) is 0 Å². The van der Waals surface area contributed by atoms with Gasteiger partial charge in [-0.3, -0.25) is 4.79 Å². The number of halogens is 3. The monoisotopic (exact) mass is 228 g/mol. The van der Waals surface area contributed by atoms with E-state index in [4.69, 9.17) is 5.11 Å². The lowest BCUT2D eigenvalue weighted by Crippen LogP contribution is -2.38. The van der Waals surface area contributed by atoms with Gasteiger partial charge in [0.1, 0.15) is 0 Å². The van der Waals surface area contributed by atoms with E-state index in [2.05, 4.69) is 5.32 Å². The van der Waals surface area contributed by atoms with Crippen molar-refractivity contribution in [2.45, 2.75) is 19.0 Å². The van der Waals surface area contributed by atoms with Crippen LogP contribution in [0.25, 0.3) is 0 Å². The molecule has 0 bridgehead atoms. The van der Waals surface area contributed by atoms with E-state index >= 15 is 0 Å². The number of carbonyl (C=O) groups excluding carboxylic acids is 1. The summed E-state index contributed by atoms with van der Waals surface area (Å²) in [5.74, 6) is -1.09. The summed E-state index contributed by atoms with van der Waals surface area (Å²) in [7, 11) is 0. The zero-order valence-electron chi connectivity index (χ0n) is 7.73. The fourth-order valence-corrected chi connectivity index (χ4v) is 0.663. The molecule has 8 heteroatoms. The first kappa shape index (κ1) is 13.5. The Kier molecular flexibility index (Phi) is 5.50. The highest BCUT2D eigenvalue weighted by Crippen LogP contribution is 2.17. The van der Waals surface area contributed by atoms with Crippen molar-refractivity contribution in [1.29, 1.82) is 0 Å². The molecule has 0 fully saturated rings. The van der Waals surface area contributed by atoms with Crippen molar-refractivity contribution in [2.24, 2.45) is 0 Å². The number of nitrogens with one attached hydrogen (secondary N) is 2. The van der Waals surface area contributed by atoms with Gasteiger partial charge in [-0.2, -0.15) is 13.2 Å². The third kappa shape index (κ3) is 10.5. The molecule has 0 rings (SSSR count). The predicted octanol–water partition coefficient (Wildman–Crippen LogP) is 0.713. The summed E-state index contributed by atoms with van der Waals surface area (Å²) >= 11 is 0. The standard InChI is InChI=1S/C7H11F3N2O3/c8-7(9,10)2-4-12-6(15)11-3-1-5(13)14/h1-4H2,(H,13,14)(H2,11,12,15). The molecular weight excluding hydrogens is 217 g/mol. The molecule has 0 aromatic rings. The van der Waals surface area contributed by atoms with Crippen LogP contribution in [0.3, 0.4) is 0 Å². The molecule has 0 aromatic carbocycles. The summed E-state index contributed by atoms with van der Waals surface area (Å²) in [5, 5.41) is 12.2. The Morgan fingerprint density at radius 3 is 2.13 bits per heavy atom. The normalized spacial score (nSPS) is 10.9. The average molecular weight is 228 g/mol. The highest BCUT2D eigenvalue weighted by Gasteiger charge is 2.26. The van der Waals surface area contributed by atoms with Crippen molar-refractivity contribution in [3.05, 3.63) is 0 Å². The molecule has 0 aliphatic carbocycles. The van der Waals surface area contributed by atoms with Crippen molar-refractivity contribution in [3.63, 3.8) is 0 Å². The molecule has 0 saturated heterocycles. The minimum Gasteiger partial charge on any atom is -0.481 e. The Labute approximate surface area is 83.6 Å². The molecule has 15 heavy (non-hydrogen) atoms. The predicted molar refractivity (Wildman–Crippen MR) is 44.3 cm³/mol. The second-order valence-electron chi connectivity index (χ2n) is 2.69. The first-order valence-corrected chi connectivity index (χ1v) is 4.11. The SMILES string of the molecule is O=C(O)CCNC(=O)NCCC(F)(F)F. The highest BCUT2D eigenvalue weighted by atomic mass is 19.4. The number of alkyl halides is 3. The van der Waals surface area contributed by atoms with Crippen molar-refractivity contribution in [1.82, 2.24) is 10.6 Å². The second kappa shape index (κ2) is 6.10. The summed E-state index contributed by atoms with van der Waals surface area (Å²) in [6, 6.07) is -0.805. The molecule has 0 aromatic heterocycles. The average Bonchev–Trinajstić information content (AvgIpc) is 2.00. The molecule has 0 radical (unpaired) electrons. The van der Waals surface area contributed by atoms with Crippen LogP contribution in [0.15, 0.2) is 0 Å². The Morgan fingerprint density at radius 2 is 1.67 bits per heavy atom. The summed E-state index contributed by atoms with van der Waals surface area (Å²) < 4.78 is 34.8. The molecule has 0 heterocycles.